The van der Waals surface area contributed by atoms with Crippen LogP contribution < -0.4 is 14.1 Å². The van der Waals surface area contributed by atoms with Crippen LogP contribution in [0.2, 0.25) is 0 Å². The number of aryl methyl sites for hydroxylation is 1. The summed E-state index contributed by atoms with van der Waals surface area (Å²) in [6.45, 7) is 4.98. The van der Waals surface area contributed by atoms with Gasteiger partial charge in [0.25, 0.3) is 10.0 Å². The number of hydrogen-bond donors (Lipinski definition) is 0. The van der Waals surface area contributed by atoms with E-state index in [4.69, 9.17) is 0 Å². The third-order valence-electron chi connectivity index (χ3n) is 5.92. The molecule has 4 rings (SSSR count). The summed E-state index contributed by atoms with van der Waals surface area (Å²) in [6, 6.07) is 12.7. The van der Waals surface area contributed by atoms with Crippen molar-refractivity contribution in [2.75, 3.05) is 34.2 Å². The maximum Gasteiger partial charge on any atom is 0.264 e. The number of carbonyl (C=O) groups excluding carboxylic acids is 1. The van der Waals surface area contributed by atoms with E-state index >= 15 is 0 Å². The molecule has 1 amide bonds. The van der Waals surface area contributed by atoms with E-state index in [0.29, 0.717) is 12.2 Å². The number of rotatable bonds is 2. The standard InChI is InChI=1S/C22H27N3O3S/c1-16-12-14-23(3)21-8-4-5-9-22(21)25(16)29(27,28)19-10-11-20-18(15-19)7-6-13-24(20)17(2)26/h4-5,8-11,15-16H,6-7,12-14H2,1-3H3/t16-/m0/s1. The van der Waals surface area contributed by atoms with Crippen molar-refractivity contribution in [3.63, 3.8) is 0 Å². The summed E-state index contributed by atoms with van der Waals surface area (Å²) < 4.78 is 29.1. The fourth-order valence-corrected chi connectivity index (χ4v) is 6.12. The van der Waals surface area contributed by atoms with Gasteiger partial charge in [0.05, 0.1) is 16.3 Å². The largest absolute Gasteiger partial charge is 0.373 e. The highest BCUT2D eigenvalue weighted by atomic mass is 32.2. The predicted molar refractivity (Wildman–Crippen MR) is 116 cm³/mol. The number of para-hydroxylation sites is 2. The zero-order chi connectivity index (χ0) is 20.8. The van der Waals surface area contributed by atoms with Gasteiger partial charge in [-0.05, 0) is 62.1 Å². The lowest BCUT2D eigenvalue weighted by Gasteiger charge is -2.32. The molecular weight excluding hydrogens is 386 g/mol. The van der Waals surface area contributed by atoms with Crippen LogP contribution in [0.5, 0.6) is 0 Å². The quantitative estimate of drug-likeness (QED) is 0.757. The van der Waals surface area contributed by atoms with Crippen LogP contribution in [0.3, 0.4) is 0 Å². The van der Waals surface area contributed by atoms with Gasteiger partial charge in [-0.1, -0.05) is 12.1 Å². The number of sulfonamides is 1. The lowest BCUT2D eigenvalue weighted by molar-refractivity contribution is -0.116. The van der Waals surface area contributed by atoms with Crippen LogP contribution in [0.15, 0.2) is 47.4 Å². The van der Waals surface area contributed by atoms with Gasteiger partial charge in [0.15, 0.2) is 0 Å². The molecule has 0 spiro atoms. The van der Waals surface area contributed by atoms with Gasteiger partial charge in [-0.25, -0.2) is 8.42 Å². The summed E-state index contributed by atoms with van der Waals surface area (Å²) in [5.74, 6) is -0.0142. The van der Waals surface area contributed by atoms with Crippen molar-refractivity contribution in [3.05, 3.63) is 48.0 Å². The fourth-order valence-electron chi connectivity index (χ4n) is 4.37. The Kier molecular flexibility index (Phi) is 5.02. The highest BCUT2D eigenvalue weighted by molar-refractivity contribution is 7.92. The summed E-state index contributed by atoms with van der Waals surface area (Å²) in [7, 11) is -1.74. The number of benzene rings is 2. The van der Waals surface area contributed by atoms with Crippen molar-refractivity contribution in [2.24, 2.45) is 0 Å². The lowest BCUT2D eigenvalue weighted by atomic mass is 10.0. The Labute approximate surface area is 172 Å². The number of hydrogen-bond acceptors (Lipinski definition) is 4. The first-order valence-electron chi connectivity index (χ1n) is 10.1. The minimum absolute atomic E-state index is 0.0142. The number of carbonyl (C=O) groups is 1. The maximum atomic E-state index is 13.7. The third-order valence-corrected chi connectivity index (χ3v) is 7.84. The zero-order valence-corrected chi connectivity index (χ0v) is 17.9. The maximum absolute atomic E-state index is 13.7. The first kappa shape index (κ1) is 19.8. The molecule has 6 nitrogen and oxygen atoms in total. The Morgan fingerprint density at radius 2 is 1.76 bits per heavy atom. The molecule has 0 fully saturated rings. The van der Waals surface area contributed by atoms with E-state index in [1.807, 2.05) is 38.2 Å². The number of anilines is 3. The molecular formula is C22H27N3O3S. The van der Waals surface area contributed by atoms with Crippen LogP contribution in [0.1, 0.15) is 32.3 Å². The van der Waals surface area contributed by atoms with Crippen molar-refractivity contribution in [1.29, 1.82) is 0 Å². The molecule has 1 atom stereocenters. The molecule has 0 radical (unpaired) electrons. The second-order valence-corrected chi connectivity index (χ2v) is 9.73. The zero-order valence-electron chi connectivity index (χ0n) is 17.1. The average molecular weight is 414 g/mol. The molecule has 2 aliphatic heterocycles. The molecule has 2 heterocycles. The molecule has 2 aliphatic rings. The van der Waals surface area contributed by atoms with E-state index in [2.05, 4.69) is 4.90 Å². The normalized spacial score (nSPS) is 19.4. The molecule has 0 N–H and O–H groups in total. The Balaban J connectivity index is 1.81. The molecule has 2 aromatic carbocycles. The molecule has 0 saturated carbocycles. The van der Waals surface area contributed by atoms with Crippen LogP contribution in [-0.4, -0.2) is 40.5 Å². The third kappa shape index (κ3) is 3.37. The van der Waals surface area contributed by atoms with Gasteiger partial charge in [-0.3, -0.25) is 9.10 Å². The Morgan fingerprint density at radius 1 is 1.03 bits per heavy atom. The van der Waals surface area contributed by atoms with Gasteiger partial charge in [0, 0.05) is 38.8 Å². The van der Waals surface area contributed by atoms with Crippen LogP contribution in [0, 0.1) is 0 Å². The summed E-state index contributed by atoms with van der Waals surface area (Å²) in [5, 5.41) is 0. The average Bonchev–Trinajstić information content (AvgIpc) is 2.83. The van der Waals surface area contributed by atoms with Crippen LogP contribution >= 0.6 is 0 Å². The van der Waals surface area contributed by atoms with Crippen molar-refractivity contribution in [3.8, 4) is 0 Å². The van der Waals surface area contributed by atoms with Crippen molar-refractivity contribution in [1.82, 2.24) is 0 Å². The molecule has 7 heteroatoms. The number of nitrogens with zero attached hydrogens (tertiary/aromatic N) is 3. The topological polar surface area (TPSA) is 60.9 Å². The molecule has 154 valence electrons. The Bertz CT molecular complexity index is 1050. The number of amides is 1. The van der Waals surface area contributed by atoms with Gasteiger partial charge in [0.2, 0.25) is 5.91 Å². The van der Waals surface area contributed by atoms with E-state index in [0.717, 1.165) is 42.7 Å². The fraction of sp³-hybridized carbons (Fsp3) is 0.409. The Morgan fingerprint density at radius 3 is 2.48 bits per heavy atom. The Hall–Kier alpha value is -2.54. The summed E-state index contributed by atoms with van der Waals surface area (Å²) >= 11 is 0. The van der Waals surface area contributed by atoms with Crippen LogP contribution in [0.4, 0.5) is 17.1 Å². The van der Waals surface area contributed by atoms with Crippen LogP contribution in [0.25, 0.3) is 0 Å². The molecule has 0 saturated heterocycles. The molecule has 0 aromatic heterocycles. The van der Waals surface area contributed by atoms with Crippen LogP contribution in [-0.2, 0) is 21.2 Å². The van der Waals surface area contributed by atoms with E-state index in [-0.39, 0.29) is 16.8 Å². The summed E-state index contributed by atoms with van der Waals surface area (Å²) in [5.41, 5.74) is 3.37. The van der Waals surface area contributed by atoms with Crippen molar-refractivity contribution in [2.45, 2.75) is 44.0 Å². The smallest absolute Gasteiger partial charge is 0.264 e. The SMILES string of the molecule is CC(=O)N1CCCc2cc(S(=O)(=O)N3c4ccccc4N(C)CC[C@@H]3C)ccc21. The minimum atomic E-state index is -3.74. The molecule has 29 heavy (non-hydrogen) atoms. The van der Waals surface area contributed by atoms with Gasteiger partial charge in [-0.2, -0.15) is 0 Å². The summed E-state index contributed by atoms with van der Waals surface area (Å²) in [4.78, 5) is 16.1. The van der Waals surface area contributed by atoms with E-state index in [9.17, 15) is 13.2 Å². The molecule has 0 bridgehead atoms. The van der Waals surface area contributed by atoms with E-state index in [1.165, 1.54) is 0 Å². The van der Waals surface area contributed by atoms with Crippen molar-refractivity contribution >= 4 is 33.0 Å². The van der Waals surface area contributed by atoms with Gasteiger partial charge in [-0.15, -0.1) is 0 Å². The summed E-state index contributed by atoms with van der Waals surface area (Å²) in [6.07, 6.45) is 2.36. The van der Waals surface area contributed by atoms with Crippen molar-refractivity contribution < 1.29 is 13.2 Å². The predicted octanol–water partition coefficient (Wildman–Crippen LogP) is 3.41. The first-order chi connectivity index (χ1) is 13.8. The minimum Gasteiger partial charge on any atom is -0.373 e. The van der Waals surface area contributed by atoms with Gasteiger partial charge < -0.3 is 9.80 Å². The second-order valence-electron chi connectivity index (χ2n) is 7.91. The lowest BCUT2D eigenvalue weighted by Crippen LogP contribution is -2.39. The molecule has 2 aromatic rings. The van der Waals surface area contributed by atoms with E-state index < -0.39 is 10.0 Å². The molecule has 0 aliphatic carbocycles. The van der Waals surface area contributed by atoms with E-state index in [1.54, 1.807) is 34.3 Å². The second kappa shape index (κ2) is 7.37. The van der Waals surface area contributed by atoms with Gasteiger partial charge >= 0.3 is 0 Å². The highest BCUT2D eigenvalue weighted by Crippen LogP contribution is 2.38. The molecule has 0 unspecified atom stereocenters. The highest BCUT2D eigenvalue weighted by Gasteiger charge is 2.34. The number of fused-ring (bicyclic) bond motifs is 2. The van der Waals surface area contributed by atoms with Gasteiger partial charge in [0.1, 0.15) is 0 Å². The monoisotopic (exact) mass is 413 g/mol. The first-order valence-corrected chi connectivity index (χ1v) is 11.5.